The Hall–Kier alpha value is -2.51. The van der Waals surface area contributed by atoms with Crippen LogP contribution in [0.2, 0.25) is 0 Å². The van der Waals surface area contributed by atoms with Gasteiger partial charge in [0.1, 0.15) is 0 Å². The van der Waals surface area contributed by atoms with E-state index in [4.69, 9.17) is 4.98 Å². The van der Waals surface area contributed by atoms with Gasteiger partial charge in [-0.15, -0.1) is 22.7 Å². The van der Waals surface area contributed by atoms with Crippen LogP contribution in [-0.2, 0) is 24.1 Å². The molecule has 0 aliphatic heterocycles. The molecule has 0 saturated heterocycles. The van der Waals surface area contributed by atoms with E-state index in [1.807, 2.05) is 16.0 Å². The average molecular weight is 409 g/mol. The standard InChI is InChI=1S/C21H20N4OS2/c1-13-6-8-14(9-7-13)17-11-25-15(12-27-21(25)23-17)10-19(26)24-20-22-16-4-2-3-5-18(16)28-20/h6-9,11-12H,2-5,10H2,1H3,(H,22,24,26). The lowest BCUT2D eigenvalue weighted by Crippen LogP contribution is -2.15. The maximum absolute atomic E-state index is 12.6. The molecule has 5 rings (SSSR count). The number of hydrogen-bond acceptors (Lipinski definition) is 5. The molecule has 3 aromatic heterocycles. The molecule has 0 atom stereocenters. The quantitative estimate of drug-likeness (QED) is 0.523. The van der Waals surface area contributed by atoms with Crippen molar-refractivity contribution in [1.82, 2.24) is 14.4 Å². The molecule has 142 valence electrons. The number of rotatable bonds is 4. The molecule has 0 bridgehead atoms. The maximum atomic E-state index is 12.6. The Balaban J connectivity index is 1.34. The molecule has 1 aromatic carbocycles. The van der Waals surface area contributed by atoms with E-state index in [9.17, 15) is 4.79 Å². The first kappa shape index (κ1) is 17.6. The molecule has 5 nitrogen and oxygen atoms in total. The zero-order chi connectivity index (χ0) is 19.1. The number of anilines is 1. The van der Waals surface area contributed by atoms with Crippen molar-refractivity contribution in [3.8, 4) is 11.3 Å². The molecule has 0 fully saturated rings. The summed E-state index contributed by atoms with van der Waals surface area (Å²) < 4.78 is 2.02. The Bertz CT molecular complexity index is 1130. The lowest BCUT2D eigenvalue weighted by molar-refractivity contribution is -0.115. The van der Waals surface area contributed by atoms with Gasteiger partial charge in [-0.3, -0.25) is 9.20 Å². The van der Waals surface area contributed by atoms with Crippen molar-refractivity contribution in [3.05, 3.63) is 57.7 Å². The summed E-state index contributed by atoms with van der Waals surface area (Å²) >= 11 is 3.18. The number of carbonyl (C=O) groups is 1. The zero-order valence-corrected chi connectivity index (χ0v) is 17.2. The van der Waals surface area contributed by atoms with E-state index >= 15 is 0 Å². The van der Waals surface area contributed by atoms with Crippen LogP contribution >= 0.6 is 22.7 Å². The van der Waals surface area contributed by atoms with Gasteiger partial charge in [-0.2, -0.15) is 0 Å². The monoisotopic (exact) mass is 408 g/mol. The Morgan fingerprint density at radius 2 is 2.00 bits per heavy atom. The number of aromatic nitrogens is 3. The predicted octanol–water partition coefficient (Wildman–Crippen LogP) is 4.89. The van der Waals surface area contributed by atoms with Crippen molar-refractivity contribution in [2.75, 3.05) is 5.32 Å². The van der Waals surface area contributed by atoms with Gasteiger partial charge in [0.05, 0.1) is 17.8 Å². The first-order chi connectivity index (χ1) is 13.7. The molecule has 4 aromatic rings. The van der Waals surface area contributed by atoms with Crippen LogP contribution in [-0.4, -0.2) is 20.3 Å². The fourth-order valence-electron chi connectivity index (χ4n) is 3.55. The molecule has 1 amide bonds. The topological polar surface area (TPSA) is 59.3 Å². The van der Waals surface area contributed by atoms with Crippen molar-refractivity contribution >= 4 is 38.7 Å². The molecule has 0 saturated carbocycles. The number of fused-ring (bicyclic) bond motifs is 2. The van der Waals surface area contributed by atoms with Gasteiger partial charge < -0.3 is 5.32 Å². The van der Waals surface area contributed by atoms with Crippen molar-refractivity contribution < 1.29 is 4.79 Å². The van der Waals surface area contributed by atoms with E-state index in [0.29, 0.717) is 6.42 Å². The van der Waals surface area contributed by atoms with Crippen LogP contribution < -0.4 is 5.32 Å². The summed E-state index contributed by atoms with van der Waals surface area (Å²) in [5.41, 5.74) is 5.36. The van der Waals surface area contributed by atoms with E-state index in [0.717, 1.165) is 39.9 Å². The van der Waals surface area contributed by atoms with E-state index in [-0.39, 0.29) is 5.91 Å². The average Bonchev–Trinajstić information content (AvgIpc) is 3.37. The van der Waals surface area contributed by atoms with Crippen LogP contribution in [0.15, 0.2) is 35.8 Å². The Morgan fingerprint density at radius 3 is 2.82 bits per heavy atom. The normalized spacial score (nSPS) is 13.6. The third kappa shape index (κ3) is 3.36. The number of aryl methyl sites for hydroxylation is 3. The molecule has 0 unspecified atom stereocenters. The molecule has 0 spiro atoms. The second-order valence-corrected chi connectivity index (χ2v) is 9.11. The number of amides is 1. The fraction of sp³-hybridized carbons (Fsp3) is 0.286. The molecular formula is C21H20N4OS2. The summed E-state index contributed by atoms with van der Waals surface area (Å²) in [5.74, 6) is -0.0311. The number of carbonyl (C=O) groups excluding carboxylic acids is 1. The molecule has 1 N–H and O–H groups in total. The van der Waals surface area contributed by atoms with E-state index in [1.165, 1.54) is 29.0 Å². The number of thiazole rings is 2. The first-order valence-electron chi connectivity index (χ1n) is 9.46. The molecule has 1 aliphatic carbocycles. The minimum atomic E-state index is -0.0311. The minimum Gasteiger partial charge on any atom is -0.302 e. The molecule has 1 aliphatic rings. The van der Waals surface area contributed by atoms with Crippen LogP contribution in [0, 0.1) is 6.92 Å². The summed E-state index contributed by atoms with van der Waals surface area (Å²) in [6, 6.07) is 8.34. The maximum Gasteiger partial charge on any atom is 0.232 e. The van der Waals surface area contributed by atoms with E-state index in [2.05, 4.69) is 41.5 Å². The van der Waals surface area contributed by atoms with Crippen molar-refractivity contribution in [3.63, 3.8) is 0 Å². The fourth-order valence-corrected chi connectivity index (χ4v) is 5.49. The summed E-state index contributed by atoms with van der Waals surface area (Å²) in [4.78, 5) is 24.1. The van der Waals surface area contributed by atoms with Crippen molar-refractivity contribution in [2.24, 2.45) is 0 Å². The predicted molar refractivity (Wildman–Crippen MR) is 114 cm³/mol. The van der Waals surface area contributed by atoms with Crippen LogP contribution in [0.3, 0.4) is 0 Å². The highest BCUT2D eigenvalue weighted by Gasteiger charge is 2.17. The second kappa shape index (κ2) is 7.14. The van der Waals surface area contributed by atoms with Gasteiger partial charge in [-0.1, -0.05) is 29.8 Å². The molecular weight excluding hydrogens is 388 g/mol. The summed E-state index contributed by atoms with van der Waals surface area (Å²) in [7, 11) is 0. The Morgan fingerprint density at radius 1 is 1.18 bits per heavy atom. The molecule has 0 radical (unpaired) electrons. The SMILES string of the molecule is Cc1ccc(-c2cn3c(CC(=O)Nc4nc5c(s4)CCCC5)csc3n2)cc1. The molecule has 7 heteroatoms. The van der Waals surface area contributed by atoms with E-state index < -0.39 is 0 Å². The number of nitrogens with zero attached hydrogens (tertiary/aromatic N) is 3. The number of imidazole rings is 1. The summed E-state index contributed by atoms with van der Waals surface area (Å²) in [5, 5.41) is 5.72. The van der Waals surface area contributed by atoms with Gasteiger partial charge in [-0.25, -0.2) is 9.97 Å². The second-order valence-electron chi connectivity index (χ2n) is 7.19. The van der Waals surface area contributed by atoms with Gasteiger partial charge in [0.15, 0.2) is 10.1 Å². The van der Waals surface area contributed by atoms with Crippen LogP contribution in [0.1, 0.15) is 34.7 Å². The smallest absolute Gasteiger partial charge is 0.232 e. The largest absolute Gasteiger partial charge is 0.302 e. The number of nitrogens with one attached hydrogen (secondary N) is 1. The number of hydrogen-bond donors (Lipinski definition) is 1. The van der Waals surface area contributed by atoms with Gasteiger partial charge in [0.25, 0.3) is 0 Å². The molecule has 3 heterocycles. The lowest BCUT2D eigenvalue weighted by Gasteiger charge is -2.06. The summed E-state index contributed by atoms with van der Waals surface area (Å²) in [6.07, 6.45) is 6.87. The first-order valence-corrected chi connectivity index (χ1v) is 11.2. The minimum absolute atomic E-state index is 0.0311. The Labute approximate surface area is 171 Å². The van der Waals surface area contributed by atoms with Gasteiger partial charge in [0, 0.05) is 27.7 Å². The Kier molecular flexibility index (Phi) is 4.49. The highest BCUT2D eigenvalue weighted by Crippen LogP contribution is 2.30. The zero-order valence-electron chi connectivity index (χ0n) is 15.6. The lowest BCUT2D eigenvalue weighted by atomic mass is 10.0. The third-order valence-corrected chi connectivity index (χ3v) is 7.03. The third-order valence-electron chi connectivity index (χ3n) is 5.06. The molecule has 28 heavy (non-hydrogen) atoms. The van der Waals surface area contributed by atoms with Crippen molar-refractivity contribution in [2.45, 2.75) is 39.0 Å². The highest BCUT2D eigenvalue weighted by atomic mass is 32.1. The summed E-state index contributed by atoms with van der Waals surface area (Å²) in [6.45, 7) is 2.07. The van der Waals surface area contributed by atoms with Crippen LogP contribution in [0.5, 0.6) is 0 Å². The number of benzene rings is 1. The van der Waals surface area contributed by atoms with Gasteiger partial charge >= 0.3 is 0 Å². The van der Waals surface area contributed by atoms with Gasteiger partial charge in [-0.05, 0) is 32.6 Å². The van der Waals surface area contributed by atoms with E-state index in [1.54, 1.807) is 22.7 Å². The highest BCUT2D eigenvalue weighted by molar-refractivity contribution is 7.16. The van der Waals surface area contributed by atoms with Gasteiger partial charge in [0.2, 0.25) is 5.91 Å². The van der Waals surface area contributed by atoms with Crippen LogP contribution in [0.4, 0.5) is 5.13 Å². The van der Waals surface area contributed by atoms with Crippen LogP contribution in [0.25, 0.3) is 16.2 Å². The van der Waals surface area contributed by atoms with Crippen molar-refractivity contribution in [1.29, 1.82) is 0 Å².